The molecule has 1 nitrogen and oxygen atoms in total. The lowest BCUT2D eigenvalue weighted by Gasteiger charge is -2.12. The number of hydrogen-bond donors (Lipinski definition) is 1. The second kappa shape index (κ2) is 3.97. The summed E-state index contributed by atoms with van der Waals surface area (Å²) in [6.07, 6.45) is 5.13. The Morgan fingerprint density at radius 3 is 2.64 bits per heavy atom. The molecular formula is C10H8BrF2N. The van der Waals surface area contributed by atoms with Crippen molar-refractivity contribution in [2.45, 2.75) is 12.8 Å². The Labute approximate surface area is 89.4 Å². The second-order valence-electron chi connectivity index (χ2n) is 2.87. The smallest absolute Gasteiger partial charge is 0.165 e. The van der Waals surface area contributed by atoms with Crippen LogP contribution in [0.4, 0.5) is 14.5 Å². The summed E-state index contributed by atoms with van der Waals surface area (Å²) in [5.74, 6) is -0.175. The fourth-order valence-electron chi connectivity index (χ4n) is 1.13. The number of anilines is 1. The summed E-state index contributed by atoms with van der Waals surface area (Å²) in [5, 5.41) is 0. The molecule has 74 valence electrons. The van der Waals surface area contributed by atoms with E-state index in [0.29, 0.717) is 4.47 Å². The van der Waals surface area contributed by atoms with Crippen LogP contribution in [0.15, 0.2) is 10.5 Å². The highest BCUT2D eigenvalue weighted by molar-refractivity contribution is 9.10. The van der Waals surface area contributed by atoms with Gasteiger partial charge in [0, 0.05) is 16.0 Å². The van der Waals surface area contributed by atoms with Crippen LogP contribution >= 0.6 is 15.9 Å². The monoisotopic (exact) mass is 259 g/mol. The maximum absolute atomic E-state index is 13.3. The van der Waals surface area contributed by atoms with Crippen molar-refractivity contribution in [2.75, 3.05) is 5.73 Å². The second-order valence-corrected chi connectivity index (χ2v) is 3.72. The molecule has 0 aliphatic carbocycles. The van der Waals surface area contributed by atoms with Gasteiger partial charge in [-0.1, -0.05) is 5.92 Å². The highest BCUT2D eigenvalue weighted by atomic mass is 79.9. The zero-order valence-corrected chi connectivity index (χ0v) is 9.03. The zero-order valence-electron chi connectivity index (χ0n) is 7.44. The van der Waals surface area contributed by atoms with E-state index in [1.54, 1.807) is 6.92 Å². The van der Waals surface area contributed by atoms with E-state index >= 15 is 0 Å². The van der Waals surface area contributed by atoms with Crippen molar-refractivity contribution in [3.63, 3.8) is 0 Å². The number of nitrogens with two attached hydrogens (primary N) is 1. The van der Waals surface area contributed by atoms with Crippen molar-refractivity contribution >= 4 is 21.6 Å². The van der Waals surface area contributed by atoms with Crippen molar-refractivity contribution in [2.24, 2.45) is 0 Å². The molecule has 4 heteroatoms. The van der Waals surface area contributed by atoms with Gasteiger partial charge in [0.05, 0.1) is 5.69 Å². The first-order valence-electron chi connectivity index (χ1n) is 3.88. The predicted octanol–water partition coefficient (Wildman–Crippen LogP) is 3.05. The SMILES string of the molecule is C#C[C@@H](C)c1c(N)c(Br)cc(F)c1F. The topological polar surface area (TPSA) is 26.0 Å². The van der Waals surface area contributed by atoms with Crippen molar-refractivity contribution in [3.8, 4) is 12.3 Å². The molecule has 0 fully saturated rings. The van der Waals surface area contributed by atoms with Crippen LogP contribution in [0, 0.1) is 24.0 Å². The molecule has 0 saturated carbocycles. The van der Waals surface area contributed by atoms with Crippen LogP contribution < -0.4 is 5.73 Å². The first kappa shape index (κ1) is 11.0. The van der Waals surface area contributed by atoms with Crippen LogP contribution in [0.2, 0.25) is 0 Å². The predicted molar refractivity (Wildman–Crippen MR) is 55.7 cm³/mol. The molecule has 0 unspecified atom stereocenters. The highest BCUT2D eigenvalue weighted by Crippen LogP contribution is 2.32. The van der Waals surface area contributed by atoms with Gasteiger partial charge in [-0.15, -0.1) is 6.42 Å². The summed E-state index contributed by atoms with van der Waals surface area (Å²) in [4.78, 5) is 0. The number of rotatable bonds is 1. The zero-order chi connectivity index (χ0) is 10.9. The van der Waals surface area contributed by atoms with Crippen LogP contribution in [-0.2, 0) is 0 Å². The summed E-state index contributed by atoms with van der Waals surface area (Å²) in [7, 11) is 0. The minimum atomic E-state index is -0.976. The van der Waals surface area contributed by atoms with E-state index in [9.17, 15) is 8.78 Å². The summed E-state index contributed by atoms with van der Waals surface area (Å²) in [6.45, 7) is 1.58. The normalized spacial score (nSPS) is 12.2. The van der Waals surface area contributed by atoms with E-state index in [0.717, 1.165) is 6.07 Å². The van der Waals surface area contributed by atoms with E-state index in [-0.39, 0.29) is 11.3 Å². The molecular weight excluding hydrogens is 252 g/mol. The molecule has 0 radical (unpaired) electrons. The summed E-state index contributed by atoms with van der Waals surface area (Å²) >= 11 is 3.03. The highest BCUT2D eigenvalue weighted by Gasteiger charge is 2.18. The van der Waals surface area contributed by atoms with Crippen molar-refractivity contribution in [1.82, 2.24) is 0 Å². The number of hydrogen-bond acceptors (Lipinski definition) is 1. The van der Waals surface area contributed by atoms with E-state index < -0.39 is 17.6 Å². The van der Waals surface area contributed by atoms with E-state index in [2.05, 4.69) is 21.9 Å². The van der Waals surface area contributed by atoms with Crippen LogP contribution in [0.5, 0.6) is 0 Å². The fraction of sp³-hybridized carbons (Fsp3) is 0.200. The van der Waals surface area contributed by atoms with Crippen LogP contribution in [0.25, 0.3) is 0 Å². The average Bonchev–Trinajstić information content (AvgIpc) is 2.15. The quantitative estimate of drug-likeness (QED) is 0.468. The van der Waals surface area contributed by atoms with Gasteiger partial charge in [0.15, 0.2) is 11.6 Å². The number of terminal acetylenes is 1. The molecule has 1 aromatic carbocycles. The van der Waals surface area contributed by atoms with E-state index in [1.165, 1.54) is 0 Å². The maximum Gasteiger partial charge on any atom is 0.165 e. The summed E-state index contributed by atoms with van der Waals surface area (Å²) in [5.41, 5.74) is 5.75. The molecule has 1 rings (SSSR count). The number of benzene rings is 1. The Morgan fingerprint density at radius 2 is 2.14 bits per heavy atom. The standard InChI is InChI=1S/C10H8BrF2N/c1-3-5(2)8-9(13)7(12)4-6(11)10(8)14/h1,4-5H,14H2,2H3/t5-/m1/s1. The number of halogens is 3. The molecule has 1 aromatic rings. The molecule has 0 heterocycles. The molecule has 0 amide bonds. The lowest BCUT2D eigenvalue weighted by Crippen LogP contribution is -2.04. The third-order valence-corrected chi connectivity index (χ3v) is 2.59. The Balaban J connectivity index is 3.49. The molecule has 14 heavy (non-hydrogen) atoms. The van der Waals surface area contributed by atoms with Crippen LogP contribution in [0.3, 0.4) is 0 Å². The first-order valence-corrected chi connectivity index (χ1v) is 4.67. The Hall–Kier alpha value is -1.08. The largest absolute Gasteiger partial charge is 0.397 e. The number of nitrogen functional groups attached to an aromatic ring is 1. The van der Waals surface area contributed by atoms with Gasteiger partial charge >= 0.3 is 0 Å². The Bertz CT molecular complexity index is 383. The van der Waals surface area contributed by atoms with Crippen molar-refractivity contribution in [1.29, 1.82) is 0 Å². The molecule has 0 aromatic heterocycles. The minimum Gasteiger partial charge on any atom is -0.397 e. The van der Waals surface area contributed by atoms with E-state index in [1.807, 2.05) is 0 Å². The lowest BCUT2D eigenvalue weighted by molar-refractivity contribution is 0.497. The van der Waals surface area contributed by atoms with Gasteiger partial charge in [-0.2, -0.15) is 0 Å². The molecule has 0 aliphatic heterocycles. The lowest BCUT2D eigenvalue weighted by atomic mass is 9.99. The van der Waals surface area contributed by atoms with Gasteiger partial charge in [-0.25, -0.2) is 8.78 Å². The van der Waals surface area contributed by atoms with Gasteiger partial charge in [0.1, 0.15) is 0 Å². The maximum atomic E-state index is 13.3. The van der Waals surface area contributed by atoms with Crippen LogP contribution in [0.1, 0.15) is 18.4 Å². The third kappa shape index (κ3) is 1.73. The molecule has 0 saturated heterocycles. The van der Waals surface area contributed by atoms with Gasteiger partial charge in [-0.3, -0.25) is 0 Å². The molecule has 1 atom stereocenters. The van der Waals surface area contributed by atoms with Crippen LogP contribution in [-0.4, -0.2) is 0 Å². The molecule has 2 N–H and O–H groups in total. The third-order valence-electron chi connectivity index (χ3n) is 1.93. The van der Waals surface area contributed by atoms with Gasteiger partial charge < -0.3 is 5.73 Å². The fourth-order valence-corrected chi connectivity index (χ4v) is 1.55. The Morgan fingerprint density at radius 1 is 1.57 bits per heavy atom. The van der Waals surface area contributed by atoms with Crippen molar-refractivity contribution < 1.29 is 8.78 Å². The summed E-state index contributed by atoms with van der Waals surface area (Å²) in [6, 6.07) is 0.984. The molecule has 0 bridgehead atoms. The Kier molecular flexibility index (Phi) is 3.12. The van der Waals surface area contributed by atoms with Crippen molar-refractivity contribution in [3.05, 3.63) is 27.7 Å². The summed E-state index contributed by atoms with van der Waals surface area (Å²) < 4.78 is 26.6. The van der Waals surface area contributed by atoms with E-state index in [4.69, 9.17) is 12.2 Å². The van der Waals surface area contributed by atoms with Gasteiger partial charge in [-0.05, 0) is 28.9 Å². The van der Waals surface area contributed by atoms with Gasteiger partial charge in [0.2, 0.25) is 0 Å². The molecule has 0 spiro atoms. The average molecular weight is 260 g/mol. The first-order chi connectivity index (χ1) is 6.49. The minimum absolute atomic E-state index is 0.0272. The molecule has 0 aliphatic rings. The van der Waals surface area contributed by atoms with Gasteiger partial charge in [0.25, 0.3) is 0 Å².